The van der Waals surface area contributed by atoms with Gasteiger partial charge in [0, 0.05) is 19.4 Å². The molecule has 0 heterocycles. The van der Waals surface area contributed by atoms with Crippen LogP contribution < -0.4 is 5.32 Å². The van der Waals surface area contributed by atoms with E-state index in [1.165, 1.54) is 0 Å². The van der Waals surface area contributed by atoms with Gasteiger partial charge in [-0.2, -0.15) is 13.2 Å². The Morgan fingerprint density at radius 3 is 2.27 bits per heavy atom. The van der Waals surface area contributed by atoms with Crippen molar-refractivity contribution in [2.45, 2.75) is 59.7 Å². The number of Topliss-reactive ketones (excluding diaryl/α,β-unsaturated/α-hetero) is 1. The third kappa shape index (κ3) is 5.81. The van der Waals surface area contributed by atoms with Gasteiger partial charge in [-0.15, -0.1) is 0 Å². The Labute approximate surface area is 151 Å². The number of ketones is 1. The average Bonchev–Trinajstić information content (AvgIpc) is 2.51. The van der Waals surface area contributed by atoms with E-state index in [2.05, 4.69) is 5.32 Å². The fourth-order valence-electron chi connectivity index (χ4n) is 2.62. The predicted octanol–water partition coefficient (Wildman–Crippen LogP) is 4.88. The number of nitrogens with one attached hydrogen (secondary N) is 1. The van der Waals surface area contributed by atoms with E-state index in [9.17, 15) is 27.2 Å². The Hall–Kier alpha value is -1.92. The molecular formula is C19H25F4NO2. The molecule has 0 aromatic heterocycles. The van der Waals surface area contributed by atoms with Crippen LogP contribution in [0, 0.1) is 17.2 Å². The maximum absolute atomic E-state index is 13.4. The minimum Gasteiger partial charge on any atom is -0.352 e. The number of alkyl halides is 3. The van der Waals surface area contributed by atoms with Gasteiger partial charge in [0.1, 0.15) is 11.6 Å². The molecule has 1 amide bonds. The van der Waals surface area contributed by atoms with Gasteiger partial charge in [-0.1, -0.05) is 27.7 Å². The van der Waals surface area contributed by atoms with Gasteiger partial charge >= 0.3 is 6.18 Å². The highest BCUT2D eigenvalue weighted by molar-refractivity contribution is 5.89. The van der Waals surface area contributed by atoms with Crippen molar-refractivity contribution >= 4 is 11.7 Å². The van der Waals surface area contributed by atoms with Crippen LogP contribution in [0.15, 0.2) is 18.2 Å². The van der Waals surface area contributed by atoms with Gasteiger partial charge < -0.3 is 5.32 Å². The van der Waals surface area contributed by atoms with Crippen molar-refractivity contribution in [3.63, 3.8) is 0 Å². The van der Waals surface area contributed by atoms with Crippen molar-refractivity contribution in [3.05, 3.63) is 35.1 Å². The Morgan fingerprint density at radius 1 is 1.15 bits per heavy atom. The lowest BCUT2D eigenvalue weighted by molar-refractivity contribution is -0.138. The van der Waals surface area contributed by atoms with Gasteiger partial charge in [-0.3, -0.25) is 9.59 Å². The third-order valence-corrected chi connectivity index (χ3v) is 4.62. The molecule has 1 N–H and O–H groups in total. The predicted molar refractivity (Wildman–Crippen MR) is 90.7 cm³/mol. The van der Waals surface area contributed by atoms with Gasteiger partial charge in [-0.05, 0) is 36.1 Å². The second kappa shape index (κ2) is 8.64. The molecule has 0 saturated heterocycles. The third-order valence-electron chi connectivity index (χ3n) is 4.62. The molecule has 1 unspecified atom stereocenters. The largest absolute Gasteiger partial charge is 0.416 e. The summed E-state index contributed by atoms with van der Waals surface area (Å²) in [7, 11) is 0. The Balaban J connectivity index is 2.92. The van der Waals surface area contributed by atoms with Crippen LogP contribution in [0.1, 0.15) is 58.1 Å². The molecule has 3 nitrogen and oxygen atoms in total. The quantitative estimate of drug-likeness (QED) is 0.658. The zero-order valence-electron chi connectivity index (χ0n) is 15.5. The second-order valence-electron chi connectivity index (χ2n) is 7.07. The maximum Gasteiger partial charge on any atom is 0.416 e. The summed E-state index contributed by atoms with van der Waals surface area (Å²) in [6.07, 6.45) is -3.56. The van der Waals surface area contributed by atoms with Crippen molar-refractivity contribution in [1.29, 1.82) is 0 Å². The molecule has 0 spiro atoms. The Morgan fingerprint density at radius 2 is 1.77 bits per heavy atom. The summed E-state index contributed by atoms with van der Waals surface area (Å²) in [6, 6.07) is 2.16. The summed E-state index contributed by atoms with van der Waals surface area (Å²) < 4.78 is 51.7. The molecule has 1 aromatic rings. The number of carbonyl (C=O) groups excluding carboxylic acids is 2. The van der Waals surface area contributed by atoms with Crippen LogP contribution in [-0.4, -0.2) is 11.7 Å². The van der Waals surface area contributed by atoms with Crippen molar-refractivity contribution in [2.24, 2.45) is 11.3 Å². The van der Waals surface area contributed by atoms with E-state index in [0.29, 0.717) is 18.9 Å². The SMILES string of the molecule is CCCC(=O)CC(C)(C(=O)NCc1cc(F)cc(C(F)(F)F)c1)C(C)C. The summed E-state index contributed by atoms with van der Waals surface area (Å²) in [5.74, 6) is -1.64. The molecule has 1 rings (SSSR count). The molecule has 0 aliphatic heterocycles. The van der Waals surface area contributed by atoms with Crippen LogP contribution in [0.3, 0.4) is 0 Å². The summed E-state index contributed by atoms with van der Waals surface area (Å²) in [6.45, 7) is 6.90. The van der Waals surface area contributed by atoms with Crippen LogP contribution in [0.2, 0.25) is 0 Å². The highest BCUT2D eigenvalue weighted by Crippen LogP contribution is 2.33. The van der Waals surface area contributed by atoms with E-state index in [-0.39, 0.29) is 30.2 Å². The molecular weight excluding hydrogens is 350 g/mol. The van der Waals surface area contributed by atoms with Gasteiger partial charge in [0.05, 0.1) is 11.0 Å². The Kier molecular flexibility index (Phi) is 7.35. The zero-order valence-corrected chi connectivity index (χ0v) is 15.5. The minimum atomic E-state index is -4.67. The fourth-order valence-corrected chi connectivity index (χ4v) is 2.62. The van der Waals surface area contributed by atoms with Gasteiger partial charge in [-0.25, -0.2) is 4.39 Å². The van der Waals surface area contributed by atoms with E-state index in [4.69, 9.17) is 0 Å². The summed E-state index contributed by atoms with van der Waals surface area (Å²) in [5.41, 5.74) is -2.07. The first kappa shape index (κ1) is 22.1. The number of halogens is 4. The first-order valence-electron chi connectivity index (χ1n) is 8.56. The van der Waals surface area contributed by atoms with E-state index in [0.717, 1.165) is 12.1 Å². The van der Waals surface area contributed by atoms with Crippen LogP contribution in [0.25, 0.3) is 0 Å². The number of hydrogen-bond donors (Lipinski definition) is 1. The van der Waals surface area contributed by atoms with E-state index < -0.39 is 28.9 Å². The number of carbonyl (C=O) groups is 2. The maximum atomic E-state index is 13.4. The van der Waals surface area contributed by atoms with Crippen LogP contribution in [0.5, 0.6) is 0 Å². The van der Waals surface area contributed by atoms with Crippen molar-refractivity contribution in [3.8, 4) is 0 Å². The number of amides is 1. The molecule has 146 valence electrons. The minimum absolute atomic E-state index is 0.0108. The molecule has 7 heteroatoms. The van der Waals surface area contributed by atoms with Crippen LogP contribution >= 0.6 is 0 Å². The molecule has 0 saturated carbocycles. The lowest BCUT2D eigenvalue weighted by Crippen LogP contribution is -2.43. The molecule has 0 aliphatic rings. The average molecular weight is 375 g/mol. The summed E-state index contributed by atoms with van der Waals surface area (Å²) in [4.78, 5) is 24.6. The highest BCUT2D eigenvalue weighted by Gasteiger charge is 2.38. The number of hydrogen-bond acceptors (Lipinski definition) is 2. The molecule has 0 radical (unpaired) electrons. The lowest BCUT2D eigenvalue weighted by atomic mass is 9.74. The van der Waals surface area contributed by atoms with E-state index >= 15 is 0 Å². The van der Waals surface area contributed by atoms with Crippen molar-refractivity contribution < 1.29 is 27.2 Å². The normalized spacial score (nSPS) is 14.2. The van der Waals surface area contributed by atoms with Gasteiger partial charge in [0.2, 0.25) is 5.91 Å². The number of rotatable bonds is 8. The van der Waals surface area contributed by atoms with E-state index in [1.807, 2.05) is 20.8 Å². The van der Waals surface area contributed by atoms with E-state index in [1.54, 1.807) is 6.92 Å². The molecule has 1 atom stereocenters. The fraction of sp³-hybridized carbons (Fsp3) is 0.579. The van der Waals surface area contributed by atoms with Crippen LogP contribution in [0.4, 0.5) is 17.6 Å². The van der Waals surface area contributed by atoms with Crippen LogP contribution in [-0.2, 0) is 22.3 Å². The van der Waals surface area contributed by atoms with Crippen molar-refractivity contribution in [2.75, 3.05) is 0 Å². The highest BCUT2D eigenvalue weighted by atomic mass is 19.4. The topological polar surface area (TPSA) is 46.2 Å². The smallest absolute Gasteiger partial charge is 0.352 e. The molecule has 0 fully saturated rings. The molecule has 26 heavy (non-hydrogen) atoms. The molecule has 1 aromatic carbocycles. The number of benzene rings is 1. The van der Waals surface area contributed by atoms with Gasteiger partial charge in [0.15, 0.2) is 0 Å². The first-order chi connectivity index (χ1) is 11.9. The standard InChI is InChI=1S/C19H25F4NO2/c1-5-6-16(25)10-18(4,12(2)3)17(26)24-11-13-7-14(19(21,22)23)9-15(20)8-13/h7-9,12H,5-6,10-11H2,1-4H3,(H,24,26). The summed E-state index contributed by atoms with van der Waals surface area (Å²) in [5, 5.41) is 2.55. The lowest BCUT2D eigenvalue weighted by Gasteiger charge is -2.32. The molecule has 0 aliphatic carbocycles. The van der Waals surface area contributed by atoms with Gasteiger partial charge in [0.25, 0.3) is 0 Å². The molecule has 0 bridgehead atoms. The summed E-state index contributed by atoms with van der Waals surface area (Å²) >= 11 is 0. The Bertz CT molecular complexity index is 655. The van der Waals surface area contributed by atoms with Crippen molar-refractivity contribution in [1.82, 2.24) is 5.32 Å². The second-order valence-corrected chi connectivity index (χ2v) is 7.07. The zero-order chi connectivity index (χ0) is 20.1. The monoisotopic (exact) mass is 375 g/mol. The first-order valence-corrected chi connectivity index (χ1v) is 8.56.